The molecule has 0 aliphatic carbocycles. The summed E-state index contributed by atoms with van der Waals surface area (Å²) in [4.78, 5) is 1.47. The molecule has 1 unspecified atom stereocenters. The van der Waals surface area contributed by atoms with Crippen LogP contribution in [0.25, 0.3) is 0 Å². The average Bonchev–Trinajstić information content (AvgIpc) is 2.85. The number of nitrogens with one attached hydrogen (secondary N) is 1. The molecule has 2 aromatic heterocycles. The van der Waals surface area contributed by atoms with Gasteiger partial charge in [0.05, 0.1) is 6.04 Å². The van der Waals surface area contributed by atoms with Gasteiger partial charge in [-0.3, -0.25) is 0 Å². The molecule has 2 aromatic rings. The molecule has 1 aliphatic rings. The second-order valence-corrected chi connectivity index (χ2v) is 4.74. The zero-order valence-electron chi connectivity index (χ0n) is 8.47. The standard InChI is InChI=1S/C10H12N4S/c1-14-6-12-13-10(14)9-7-3-5-15-8(7)2-4-11-9/h3,5-6,9,11H,2,4H2,1H3. The monoisotopic (exact) mass is 220 g/mol. The molecule has 0 spiro atoms. The summed E-state index contributed by atoms with van der Waals surface area (Å²) in [5.74, 6) is 0.995. The summed E-state index contributed by atoms with van der Waals surface area (Å²) in [6.07, 6.45) is 2.87. The molecule has 0 saturated heterocycles. The van der Waals surface area contributed by atoms with E-state index in [1.807, 2.05) is 23.0 Å². The van der Waals surface area contributed by atoms with Gasteiger partial charge < -0.3 is 9.88 Å². The van der Waals surface area contributed by atoms with Gasteiger partial charge in [-0.2, -0.15) is 0 Å². The molecule has 1 N–H and O–H groups in total. The van der Waals surface area contributed by atoms with Crippen LogP contribution in [0, 0.1) is 0 Å². The first kappa shape index (κ1) is 9.06. The van der Waals surface area contributed by atoms with Crippen LogP contribution in [0.5, 0.6) is 0 Å². The Hall–Kier alpha value is -1.20. The highest BCUT2D eigenvalue weighted by atomic mass is 32.1. The van der Waals surface area contributed by atoms with E-state index in [9.17, 15) is 0 Å². The van der Waals surface area contributed by atoms with Crippen LogP contribution in [0.1, 0.15) is 22.3 Å². The van der Waals surface area contributed by atoms with Gasteiger partial charge in [0, 0.05) is 18.5 Å². The molecule has 5 heteroatoms. The summed E-state index contributed by atoms with van der Waals surface area (Å²) in [5.41, 5.74) is 1.36. The Kier molecular flexibility index (Phi) is 2.07. The predicted octanol–water partition coefficient (Wildman–Crippen LogP) is 1.11. The topological polar surface area (TPSA) is 42.7 Å². The molecule has 15 heavy (non-hydrogen) atoms. The van der Waals surface area contributed by atoms with Gasteiger partial charge in [-0.25, -0.2) is 0 Å². The first-order valence-electron chi connectivity index (χ1n) is 5.00. The molecule has 1 atom stereocenters. The van der Waals surface area contributed by atoms with E-state index in [1.54, 1.807) is 6.33 Å². The van der Waals surface area contributed by atoms with Crippen molar-refractivity contribution in [2.75, 3.05) is 6.54 Å². The van der Waals surface area contributed by atoms with Crippen LogP contribution in [0.15, 0.2) is 17.8 Å². The van der Waals surface area contributed by atoms with E-state index in [2.05, 4.69) is 27.0 Å². The highest BCUT2D eigenvalue weighted by Gasteiger charge is 2.25. The van der Waals surface area contributed by atoms with Crippen molar-refractivity contribution in [1.82, 2.24) is 20.1 Å². The fourth-order valence-corrected chi connectivity index (χ4v) is 2.96. The summed E-state index contributed by atoms with van der Waals surface area (Å²) < 4.78 is 1.98. The van der Waals surface area contributed by atoms with Crippen LogP contribution in [-0.2, 0) is 13.5 Å². The second kappa shape index (κ2) is 3.43. The molecule has 0 radical (unpaired) electrons. The maximum atomic E-state index is 4.17. The SMILES string of the molecule is Cn1cnnc1C1NCCc2sccc21. The first-order valence-corrected chi connectivity index (χ1v) is 5.88. The fraction of sp³-hybridized carbons (Fsp3) is 0.400. The maximum Gasteiger partial charge on any atom is 0.154 e. The second-order valence-electron chi connectivity index (χ2n) is 3.74. The van der Waals surface area contributed by atoms with E-state index in [0.717, 1.165) is 18.8 Å². The van der Waals surface area contributed by atoms with E-state index in [4.69, 9.17) is 0 Å². The van der Waals surface area contributed by atoms with Gasteiger partial charge in [-0.05, 0) is 23.4 Å². The lowest BCUT2D eigenvalue weighted by atomic mass is 10.0. The maximum absolute atomic E-state index is 4.17. The van der Waals surface area contributed by atoms with Gasteiger partial charge in [0.15, 0.2) is 5.82 Å². The summed E-state index contributed by atoms with van der Waals surface area (Å²) >= 11 is 1.83. The van der Waals surface area contributed by atoms with Crippen molar-refractivity contribution in [2.24, 2.45) is 7.05 Å². The van der Waals surface area contributed by atoms with Crippen molar-refractivity contribution in [3.05, 3.63) is 34.0 Å². The highest BCUT2D eigenvalue weighted by Crippen LogP contribution is 2.30. The quantitative estimate of drug-likeness (QED) is 0.783. The van der Waals surface area contributed by atoms with Gasteiger partial charge in [0.1, 0.15) is 6.33 Å². The molecule has 4 nitrogen and oxygen atoms in total. The third kappa shape index (κ3) is 1.39. The van der Waals surface area contributed by atoms with Crippen LogP contribution >= 0.6 is 11.3 Å². The Bertz CT molecular complexity index is 473. The van der Waals surface area contributed by atoms with Crippen molar-refractivity contribution in [3.63, 3.8) is 0 Å². The van der Waals surface area contributed by atoms with E-state index in [-0.39, 0.29) is 6.04 Å². The smallest absolute Gasteiger partial charge is 0.154 e. The normalized spacial score (nSPS) is 20.2. The minimum absolute atomic E-state index is 0.215. The van der Waals surface area contributed by atoms with Crippen LogP contribution in [0.3, 0.4) is 0 Å². The van der Waals surface area contributed by atoms with Crippen molar-refractivity contribution in [3.8, 4) is 0 Å². The lowest BCUT2D eigenvalue weighted by Gasteiger charge is -2.23. The summed E-state index contributed by atoms with van der Waals surface area (Å²) in [6.45, 7) is 1.02. The number of hydrogen-bond acceptors (Lipinski definition) is 4. The molecule has 0 saturated carbocycles. The molecule has 0 bridgehead atoms. The number of thiophene rings is 1. The van der Waals surface area contributed by atoms with Crippen molar-refractivity contribution in [1.29, 1.82) is 0 Å². The molecule has 0 aromatic carbocycles. The Morgan fingerprint density at radius 1 is 1.60 bits per heavy atom. The van der Waals surface area contributed by atoms with Gasteiger partial charge in [-0.1, -0.05) is 0 Å². The van der Waals surface area contributed by atoms with Crippen molar-refractivity contribution in [2.45, 2.75) is 12.5 Å². The van der Waals surface area contributed by atoms with Crippen LogP contribution in [0.4, 0.5) is 0 Å². The van der Waals surface area contributed by atoms with Crippen molar-refractivity contribution < 1.29 is 0 Å². The van der Waals surface area contributed by atoms with Crippen LogP contribution < -0.4 is 5.32 Å². The van der Waals surface area contributed by atoms with E-state index < -0.39 is 0 Å². The zero-order chi connectivity index (χ0) is 10.3. The largest absolute Gasteiger partial charge is 0.319 e. The Morgan fingerprint density at radius 2 is 2.53 bits per heavy atom. The van der Waals surface area contributed by atoms with Crippen LogP contribution in [0.2, 0.25) is 0 Å². The van der Waals surface area contributed by atoms with Gasteiger partial charge >= 0.3 is 0 Å². The van der Waals surface area contributed by atoms with E-state index >= 15 is 0 Å². The fourth-order valence-electron chi connectivity index (χ4n) is 2.03. The molecule has 0 amide bonds. The predicted molar refractivity (Wildman–Crippen MR) is 58.9 cm³/mol. The van der Waals surface area contributed by atoms with Crippen LogP contribution in [-0.4, -0.2) is 21.3 Å². The molecular weight excluding hydrogens is 208 g/mol. The van der Waals surface area contributed by atoms with Gasteiger partial charge in [0.25, 0.3) is 0 Å². The molecular formula is C10H12N4S. The molecule has 78 valence electrons. The first-order chi connectivity index (χ1) is 7.36. The number of rotatable bonds is 1. The Balaban J connectivity index is 2.07. The summed E-state index contributed by atoms with van der Waals surface area (Å²) in [7, 11) is 1.98. The van der Waals surface area contributed by atoms with Gasteiger partial charge in [-0.15, -0.1) is 21.5 Å². The number of nitrogens with zero attached hydrogens (tertiary/aromatic N) is 3. The lowest BCUT2D eigenvalue weighted by molar-refractivity contribution is 0.534. The number of aromatic nitrogens is 3. The van der Waals surface area contributed by atoms with Gasteiger partial charge in [0.2, 0.25) is 0 Å². The average molecular weight is 220 g/mol. The minimum Gasteiger partial charge on any atom is -0.319 e. The highest BCUT2D eigenvalue weighted by molar-refractivity contribution is 7.10. The lowest BCUT2D eigenvalue weighted by Crippen LogP contribution is -2.31. The Labute approximate surface area is 92.0 Å². The molecule has 0 fully saturated rings. The zero-order valence-corrected chi connectivity index (χ0v) is 9.29. The minimum atomic E-state index is 0.215. The number of aryl methyl sites for hydroxylation is 1. The van der Waals surface area contributed by atoms with E-state index in [1.165, 1.54) is 10.4 Å². The summed E-state index contributed by atoms with van der Waals surface area (Å²) in [6, 6.07) is 2.40. The number of hydrogen-bond donors (Lipinski definition) is 1. The molecule has 1 aliphatic heterocycles. The third-order valence-electron chi connectivity index (χ3n) is 2.80. The number of fused-ring (bicyclic) bond motifs is 1. The molecule has 3 rings (SSSR count). The third-order valence-corrected chi connectivity index (χ3v) is 3.79. The summed E-state index contributed by atoms with van der Waals surface area (Å²) in [5, 5.41) is 13.7. The van der Waals surface area contributed by atoms with E-state index in [0.29, 0.717) is 0 Å². The Morgan fingerprint density at radius 3 is 3.33 bits per heavy atom. The van der Waals surface area contributed by atoms with Crippen molar-refractivity contribution >= 4 is 11.3 Å². The molecule has 3 heterocycles.